The zero-order valence-electron chi connectivity index (χ0n) is 9.72. The Morgan fingerprint density at radius 2 is 1.76 bits per heavy atom. The molecule has 3 rings (SSSR count). The summed E-state index contributed by atoms with van der Waals surface area (Å²) in [4.78, 5) is 0. The predicted molar refractivity (Wildman–Crippen MR) is 75.3 cm³/mol. The molecule has 2 heteroatoms. The van der Waals surface area contributed by atoms with Gasteiger partial charge in [-0.3, -0.25) is 0 Å². The summed E-state index contributed by atoms with van der Waals surface area (Å²) < 4.78 is 1.76. The first-order valence-electron chi connectivity index (χ1n) is 5.72. The predicted octanol–water partition coefficient (Wildman–Crippen LogP) is 3.76. The largest absolute Gasteiger partial charge is 0.397 e. The normalized spacial score (nSPS) is 11.8. The second kappa shape index (κ2) is 3.81. The van der Waals surface area contributed by atoms with Crippen LogP contribution in [0.2, 0.25) is 0 Å². The highest BCUT2D eigenvalue weighted by Gasteiger charge is 2.06. The van der Waals surface area contributed by atoms with Crippen molar-refractivity contribution in [2.45, 2.75) is 6.92 Å². The third-order valence-corrected chi connectivity index (χ3v) is 3.09. The van der Waals surface area contributed by atoms with E-state index in [4.69, 9.17) is 7.98 Å². The Hall–Kier alpha value is -1.96. The van der Waals surface area contributed by atoms with Crippen LogP contribution in [0, 0.1) is 0 Å². The van der Waals surface area contributed by atoms with Crippen molar-refractivity contribution in [3.05, 3.63) is 54.1 Å². The van der Waals surface area contributed by atoms with Crippen LogP contribution in [0.25, 0.3) is 27.9 Å². The van der Waals surface area contributed by atoms with Crippen LogP contribution in [0.3, 0.4) is 0 Å². The van der Waals surface area contributed by atoms with Crippen LogP contribution >= 0.6 is 0 Å². The molecule has 0 N–H and O–H groups in total. The molecular weight excluding hydrogens is 205 g/mol. The first-order valence-corrected chi connectivity index (χ1v) is 5.72. The molecule has 17 heavy (non-hydrogen) atoms. The maximum absolute atomic E-state index is 6.13. The van der Waals surface area contributed by atoms with Crippen LogP contribution < -0.4 is 0 Å². The molecule has 80 valence electrons. The first-order chi connectivity index (χ1) is 8.31. The molecule has 0 spiro atoms. The van der Waals surface area contributed by atoms with Gasteiger partial charge in [0.25, 0.3) is 0 Å². The van der Waals surface area contributed by atoms with Crippen LogP contribution in [0.4, 0.5) is 0 Å². The van der Waals surface area contributed by atoms with Crippen molar-refractivity contribution >= 4 is 35.9 Å². The molecule has 1 aromatic heterocycles. The Bertz CT molecular complexity index is 722. The van der Waals surface area contributed by atoms with E-state index < -0.39 is 0 Å². The molecule has 0 saturated carbocycles. The zero-order chi connectivity index (χ0) is 11.8. The zero-order valence-corrected chi connectivity index (χ0v) is 9.72. The van der Waals surface area contributed by atoms with E-state index >= 15 is 0 Å². The SMILES string of the molecule is [B]n1c2ccccc2c2ccc(/C=C/C)cc21. The highest BCUT2D eigenvalue weighted by atomic mass is 14.9. The van der Waals surface area contributed by atoms with Crippen molar-refractivity contribution in [2.75, 3.05) is 0 Å². The van der Waals surface area contributed by atoms with Gasteiger partial charge in [0.15, 0.2) is 0 Å². The molecule has 0 aliphatic rings. The van der Waals surface area contributed by atoms with E-state index in [-0.39, 0.29) is 0 Å². The summed E-state index contributed by atoms with van der Waals surface area (Å²) in [5.41, 5.74) is 3.32. The van der Waals surface area contributed by atoms with E-state index in [2.05, 4.69) is 30.3 Å². The molecule has 2 aromatic carbocycles. The molecule has 0 fully saturated rings. The van der Waals surface area contributed by atoms with Gasteiger partial charge >= 0.3 is 0 Å². The average Bonchev–Trinajstić information content (AvgIpc) is 2.65. The van der Waals surface area contributed by atoms with Gasteiger partial charge in [-0.25, -0.2) is 0 Å². The Labute approximate surface area is 102 Å². The lowest BCUT2D eigenvalue weighted by molar-refractivity contribution is 1.39. The molecule has 0 aliphatic heterocycles. The van der Waals surface area contributed by atoms with Gasteiger partial charge in [0.05, 0.1) is 0 Å². The second-order valence-corrected chi connectivity index (χ2v) is 4.16. The lowest BCUT2D eigenvalue weighted by atomic mass is 10.1. The Morgan fingerprint density at radius 1 is 1.00 bits per heavy atom. The molecule has 2 radical (unpaired) electrons. The number of allylic oxidation sites excluding steroid dienone is 1. The number of benzene rings is 2. The van der Waals surface area contributed by atoms with Crippen molar-refractivity contribution in [3.8, 4) is 0 Å². The number of para-hydroxylation sites is 1. The highest BCUT2D eigenvalue weighted by molar-refractivity contribution is 6.21. The molecule has 1 nitrogen and oxygen atoms in total. The number of hydrogen-bond donors (Lipinski definition) is 0. The quantitative estimate of drug-likeness (QED) is 0.547. The van der Waals surface area contributed by atoms with Gasteiger partial charge in [-0.15, -0.1) is 0 Å². The first kappa shape index (κ1) is 10.2. The minimum atomic E-state index is 1.07. The molecule has 0 saturated heterocycles. The smallest absolute Gasteiger partial charge is 0.234 e. The third-order valence-electron chi connectivity index (χ3n) is 3.09. The second-order valence-electron chi connectivity index (χ2n) is 4.16. The van der Waals surface area contributed by atoms with Crippen molar-refractivity contribution in [2.24, 2.45) is 0 Å². The van der Waals surface area contributed by atoms with Crippen molar-refractivity contribution < 1.29 is 0 Å². The monoisotopic (exact) mass is 217 g/mol. The molecule has 3 aromatic rings. The van der Waals surface area contributed by atoms with E-state index in [1.165, 1.54) is 16.3 Å². The van der Waals surface area contributed by atoms with E-state index in [0.29, 0.717) is 0 Å². The van der Waals surface area contributed by atoms with Gasteiger partial charge in [0.1, 0.15) is 0 Å². The lowest BCUT2D eigenvalue weighted by Crippen LogP contribution is -1.89. The van der Waals surface area contributed by atoms with Crippen LogP contribution in [-0.2, 0) is 0 Å². The van der Waals surface area contributed by atoms with Crippen molar-refractivity contribution in [1.82, 2.24) is 4.48 Å². The maximum atomic E-state index is 6.13. The molecule has 0 unspecified atom stereocenters. The van der Waals surface area contributed by atoms with E-state index in [1.54, 1.807) is 4.48 Å². The minimum absolute atomic E-state index is 1.07. The van der Waals surface area contributed by atoms with Gasteiger partial charge in [-0.05, 0) is 24.6 Å². The maximum Gasteiger partial charge on any atom is 0.234 e. The van der Waals surface area contributed by atoms with Crippen LogP contribution in [0.15, 0.2) is 48.5 Å². The minimum Gasteiger partial charge on any atom is -0.397 e. The number of rotatable bonds is 1. The summed E-state index contributed by atoms with van der Waals surface area (Å²) in [6.07, 6.45) is 4.11. The number of fused-ring (bicyclic) bond motifs is 3. The molecule has 0 aliphatic carbocycles. The molecule has 1 heterocycles. The Morgan fingerprint density at radius 3 is 2.59 bits per heavy atom. The summed E-state index contributed by atoms with van der Waals surface area (Å²) in [7, 11) is 6.13. The van der Waals surface area contributed by atoms with Crippen LogP contribution in [-0.4, -0.2) is 12.5 Å². The summed E-state index contributed by atoms with van der Waals surface area (Å²) in [6, 6.07) is 14.6. The van der Waals surface area contributed by atoms with E-state index in [1.807, 2.05) is 31.2 Å². The van der Waals surface area contributed by atoms with Crippen LogP contribution in [0.5, 0.6) is 0 Å². The van der Waals surface area contributed by atoms with E-state index in [9.17, 15) is 0 Å². The fraction of sp³-hybridized carbons (Fsp3) is 0.0667. The topological polar surface area (TPSA) is 4.93 Å². The Balaban J connectivity index is 2.44. The average molecular weight is 217 g/mol. The van der Waals surface area contributed by atoms with Gasteiger partial charge < -0.3 is 4.48 Å². The summed E-state index contributed by atoms with van der Waals surface area (Å²) in [6.45, 7) is 2.02. The lowest BCUT2D eigenvalue weighted by Gasteiger charge is -1.99. The fourth-order valence-corrected chi connectivity index (χ4v) is 2.31. The number of nitrogens with zero attached hydrogens (tertiary/aromatic N) is 1. The van der Waals surface area contributed by atoms with Gasteiger partial charge in [-0.2, -0.15) is 0 Å². The standard InChI is InChI=1S/C15H12BN/c1-2-5-11-8-9-13-12-6-3-4-7-14(12)17(16)15(13)10-11/h2-10H,1H3/b5-2+. The van der Waals surface area contributed by atoms with Gasteiger partial charge in [0.2, 0.25) is 7.98 Å². The van der Waals surface area contributed by atoms with Crippen LogP contribution in [0.1, 0.15) is 12.5 Å². The highest BCUT2D eigenvalue weighted by Crippen LogP contribution is 2.28. The summed E-state index contributed by atoms with van der Waals surface area (Å²) in [5.74, 6) is 0. The van der Waals surface area contributed by atoms with Crippen molar-refractivity contribution in [3.63, 3.8) is 0 Å². The Kier molecular flexibility index (Phi) is 2.29. The third kappa shape index (κ3) is 1.48. The van der Waals surface area contributed by atoms with Gasteiger partial charge in [-0.1, -0.05) is 42.5 Å². The molecular formula is C15H12BN. The van der Waals surface area contributed by atoms with Gasteiger partial charge in [0, 0.05) is 21.8 Å². The summed E-state index contributed by atoms with van der Waals surface area (Å²) in [5, 5.41) is 2.41. The van der Waals surface area contributed by atoms with Crippen molar-refractivity contribution in [1.29, 1.82) is 0 Å². The molecule has 0 bridgehead atoms. The van der Waals surface area contributed by atoms with E-state index in [0.717, 1.165) is 11.0 Å². The molecule has 0 atom stereocenters. The number of aromatic nitrogens is 1. The number of hydrogen-bond acceptors (Lipinski definition) is 0. The summed E-state index contributed by atoms with van der Waals surface area (Å²) >= 11 is 0. The molecule has 0 amide bonds. The fourth-order valence-electron chi connectivity index (χ4n) is 2.31.